The lowest BCUT2D eigenvalue weighted by Gasteiger charge is -2.35. The van der Waals surface area contributed by atoms with Crippen molar-refractivity contribution in [3.8, 4) is 0 Å². The van der Waals surface area contributed by atoms with Crippen molar-refractivity contribution in [2.24, 2.45) is 0 Å². The Hall–Kier alpha value is -0.870. The van der Waals surface area contributed by atoms with E-state index in [4.69, 9.17) is 0 Å². The normalized spacial score (nSPS) is 17.9. The van der Waals surface area contributed by atoms with Crippen LogP contribution in [-0.4, -0.2) is 10.8 Å². The minimum absolute atomic E-state index is 0.172. The van der Waals surface area contributed by atoms with Crippen molar-refractivity contribution >= 4 is 13.2 Å². The highest BCUT2D eigenvalue weighted by molar-refractivity contribution is 7.68. The third-order valence-corrected chi connectivity index (χ3v) is 6.02. The molecule has 1 aromatic carbocycles. The standard InChI is InChI=1S/C15H19P/c1-15(2,3)16(14-11-7-8-12-14)13-9-5-4-6-10-13/h4-12,14H,1-3H3. The summed E-state index contributed by atoms with van der Waals surface area (Å²) in [5.74, 6) is 0. The second-order valence-electron chi connectivity index (χ2n) is 5.14. The molecule has 0 radical (unpaired) electrons. The third kappa shape index (κ3) is 2.44. The van der Waals surface area contributed by atoms with E-state index in [-0.39, 0.29) is 7.92 Å². The molecular weight excluding hydrogens is 211 g/mol. The Balaban J connectivity index is 2.36. The Morgan fingerprint density at radius 2 is 1.50 bits per heavy atom. The minimum atomic E-state index is -0.172. The molecule has 1 aliphatic carbocycles. The van der Waals surface area contributed by atoms with E-state index in [0.29, 0.717) is 10.8 Å². The van der Waals surface area contributed by atoms with Crippen LogP contribution in [0.4, 0.5) is 0 Å². The van der Waals surface area contributed by atoms with Crippen LogP contribution in [0.5, 0.6) is 0 Å². The van der Waals surface area contributed by atoms with E-state index in [1.807, 2.05) is 0 Å². The van der Waals surface area contributed by atoms with Crippen LogP contribution in [0.2, 0.25) is 0 Å². The molecule has 1 heteroatoms. The molecule has 1 aliphatic rings. The van der Waals surface area contributed by atoms with Crippen molar-refractivity contribution in [3.63, 3.8) is 0 Å². The number of allylic oxidation sites excluding steroid dienone is 4. The Morgan fingerprint density at radius 3 is 2.00 bits per heavy atom. The molecule has 2 rings (SSSR count). The Kier molecular flexibility index (Phi) is 3.30. The first kappa shape index (κ1) is 11.6. The summed E-state index contributed by atoms with van der Waals surface area (Å²) in [7, 11) is -0.172. The highest BCUT2D eigenvalue weighted by Crippen LogP contribution is 2.54. The van der Waals surface area contributed by atoms with E-state index in [9.17, 15) is 0 Å². The van der Waals surface area contributed by atoms with E-state index in [1.54, 1.807) is 0 Å². The van der Waals surface area contributed by atoms with Gasteiger partial charge < -0.3 is 0 Å². The van der Waals surface area contributed by atoms with Gasteiger partial charge in [0.2, 0.25) is 0 Å². The van der Waals surface area contributed by atoms with Crippen LogP contribution >= 0.6 is 7.92 Å². The molecule has 0 N–H and O–H groups in total. The smallest absolute Gasteiger partial charge is 0.0201 e. The average Bonchev–Trinajstić information content (AvgIpc) is 2.71. The van der Waals surface area contributed by atoms with Gasteiger partial charge in [-0.3, -0.25) is 0 Å². The lowest BCUT2D eigenvalue weighted by Crippen LogP contribution is -2.24. The molecule has 0 saturated carbocycles. The second-order valence-corrected chi connectivity index (χ2v) is 8.33. The Morgan fingerprint density at radius 1 is 0.938 bits per heavy atom. The van der Waals surface area contributed by atoms with Gasteiger partial charge in [-0.15, -0.1) is 0 Å². The van der Waals surface area contributed by atoms with Crippen LogP contribution in [0.1, 0.15) is 20.8 Å². The zero-order valence-electron chi connectivity index (χ0n) is 10.2. The number of hydrogen-bond donors (Lipinski definition) is 0. The molecule has 16 heavy (non-hydrogen) atoms. The van der Waals surface area contributed by atoms with Crippen LogP contribution in [0.15, 0.2) is 54.6 Å². The molecule has 1 atom stereocenters. The Labute approximate surface area is 99.8 Å². The summed E-state index contributed by atoms with van der Waals surface area (Å²) in [6.45, 7) is 7.06. The highest BCUT2D eigenvalue weighted by atomic mass is 31.1. The fourth-order valence-electron chi connectivity index (χ4n) is 2.19. The molecule has 0 aliphatic heterocycles. The predicted octanol–water partition coefficient (Wildman–Crippen LogP) is 4.09. The van der Waals surface area contributed by atoms with E-state index >= 15 is 0 Å². The zero-order chi connectivity index (χ0) is 11.6. The quantitative estimate of drug-likeness (QED) is 0.671. The first-order chi connectivity index (χ1) is 7.59. The molecule has 0 aromatic heterocycles. The summed E-state index contributed by atoms with van der Waals surface area (Å²) >= 11 is 0. The van der Waals surface area contributed by atoms with Crippen molar-refractivity contribution in [1.82, 2.24) is 0 Å². The van der Waals surface area contributed by atoms with Gasteiger partial charge in [0.25, 0.3) is 0 Å². The van der Waals surface area contributed by atoms with E-state index < -0.39 is 0 Å². The SMILES string of the molecule is CC(C)(C)P(c1ccccc1)C1C=CC=C1. The van der Waals surface area contributed by atoms with Crippen LogP contribution < -0.4 is 5.30 Å². The second kappa shape index (κ2) is 4.55. The lowest BCUT2D eigenvalue weighted by molar-refractivity contribution is 0.784. The largest absolute Gasteiger partial charge is 0.0730 e. The van der Waals surface area contributed by atoms with Crippen LogP contribution in [0.3, 0.4) is 0 Å². The molecule has 0 saturated heterocycles. The summed E-state index contributed by atoms with van der Waals surface area (Å²) in [4.78, 5) is 0. The van der Waals surface area contributed by atoms with Crippen LogP contribution in [-0.2, 0) is 0 Å². The molecule has 1 aromatic rings. The van der Waals surface area contributed by atoms with Gasteiger partial charge in [-0.2, -0.15) is 0 Å². The van der Waals surface area contributed by atoms with E-state index in [1.165, 1.54) is 5.30 Å². The lowest BCUT2D eigenvalue weighted by atomic mass is 10.3. The number of benzene rings is 1. The maximum absolute atomic E-state index is 2.35. The van der Waals surface area contributed by atoms with Gasteiger partial charge >= 0.3 is 0 Å². The van der Waals surface area contributed by atoms with Gasteiger partial charge in [0.15, 0.2) is 0 Å². The van der Waals surface area contributed by atoms with Gasteiger partial charge in [0.05, 0.1) is 0 Å². The van der Waals surface area contributed by atoms with E-state index in [2.05, 4.69) is 75.4 Å². The topological polar surface area (TPSA) is 0 Å². The highest BCUT2D eigenvalue weighted by Gasteiger charge is 2.30. The first-order valence-electron chi connectivity index (χ1n) is 5.78. The summed E-state index contributed by atoms with van der Waals surface area (Å²) in [5, 5.41) is 1.85. The summed E-state index contributed by atoms with van der Waals surface area (Å²) in [6, 6.07) is 10.9. The van der Waals surface area contributed by atoms with Gasteiger partial charge in [0, 0.05) is 5.66 Å². The maximum atomic E-state index is 2.35. The number of rotatable bonds is 2. The van der Waals surface area contributed by atoms with Crippen molar-refractivity contribution in [2.75, 3.05) is 0 Å². The van der Waals surface area contributed by atoms with Gasteiger partial charge in [-0.05, 0) is 10.5 Å². The van der Waals surface area contributed by atoms with Gasteiger partial charge in [-0.25, -0.2) is 0 Å². The molecule has 0 amide bonds. The predicted molar refractivity (Wildman–Crippen MR) is 74.8 cm³/mol. The fraction of sp³-hybridized carbons (Fsp3) is 0.333. The molecule has 0 fully saturated rings. The van der Waals surface area contributed by atoms with Gasteiger partial charge in [-0.1, -0.05) is 83.3 Å². The average molecular weight is 230 g/mol. The van der Waals surface area contributed by atoms with Crippen LogP contribution in [0.25, 0.3) is 0 Å². The summed E-state index contributed by atoms with van der Waals surface area (Å²) in [6.07, 6.45) is 9.03. The first-order valence-corrected chi connectivity index (χ1v) is 7.19. The Bertz CT molecular complexity index is 383. The van der Waals surface area contributed by atoms with Crippen molar-refractivity contribution in [3.05, 3.63) is 54.6 Å². The van der Waals surface area contributed by atoms with E-state index in [0.717, 1.165) is 0 Å². The third-order valence-electron chi connectivity index (χ3n) is 2.78. The van der Waals surface area contributed by atoms with Crippen molar-refractivity contribution in [2.45, 2.75) is 31.6 Å². The van der Waals surface area contributed by atoms with Crippen molar-refractivity contribution in [1.29, 1.82) is 0 Å². The molecule has 0 spiro atoms. The van der Waals surface area contributed by atoms with Crippen LogP contribution in [0, 0.1) is 0 Å². The number of hydrogen-bond acceptors (Lipinski definition) is 0. The molecule has 0 bridgehead atoms. The van der Waals surface area contributed by atoms with Gasteiger partial charge in [0.1, 0.15) is 0 Å². The zero-order valence-corrected chi connectivity index (χ0v) is 11.1. The summed E-state index contributed by atoms with van der Waals surface area (Å²) in [5.41, 5.74) is 0.609. The molecule has 84 valence electrons. The summed E-state index contributed by atoms with van der Waals surface area (Å²) < 4.78 is 0. The maximum Gasteiger partial charge on any atom is 0.0201 e. The fourth-order valence-corrected chi connectivity index (χ4v) is 5.24. The van der Waals surface area contributed by atoms with Crippen molar-refractivity contribution < 1.29 is 0 Å². The molecule has 1 unspecified atom stereocenters. The molecular formula is C15H19P. The molecule has 0 nitrogen and oxygen atoms in total. The monoisotopic (exact) mass is 230 g/mol. The molecule has 0 heterocycles. The minimum Gasteiger partial charge on any atom is -0.0730 e.